The Kier molecular flexibility index (Phi) is 7.57. The van der Waals surface area contributed by atoms with Gasteiger partial charge in [0.25, 0.3) is 0 Å². The standard InChI is InChI=1S/C20H27NO4/c1-15-6-4-8-18(12-15)25-14-17(22)13-21-11-10-16-7-5-9-19(23-2)20(16)24-3/h4-9,12,17,21-22H,10-11,13-14H2,1-3H3. The number of hydrogen-bond acceptors (Lipinski definition) is 5. The van der Waals surface area contributed by atoms with Crippen molar-refractivity contribution in [1.82, 2.24) is 5.32 Å². The predicted octanol–water partition coefficient (Wildman–Crippen LogP) is 2.58. The number of aliphatic hydroxyl groups is 1. The highest BCUT2D eigenvalue weighted by Crippen LogP contribution is 2.30. The van der Waals surface area contributed by atoms with Crippen molar-refractivity contribution in [3.05, 3.63) is 53.6 Å². The molecular weight excluding hydrogens is 318 g/mol. The van der Waals surface area contributed by atoms with Crippen LogP contribution in [0.3, 0.4) is 0 Å². The molecule has 0 fully saturated rings. The fourth-order valence-electron chi connectivity index (χ4n) is 2.60. The lowest BCUT2D eigenvalue weighted by molar-refractivity contribution is 0.106. The van der Waals surface area contributed by atoms with E-state index >= 15 is 0 Å². The molecule has 2 N–H and O–H groups in total. The van der Waals surface area contributed by atoms with E-state index in [2.05, 4.69) is 5.32 Å². The fourth-order valence-corrected chi connectivity index (χ4v) is 2.60. The van der Waals surface area contributed by atoms with Crippen molar-refractivity contribution in [2.75, 3.05) is 33.9 Å². The summed E-state index contributed by atoms with van der Waals surface area (Å²) in [5, 5.41) is 13.3. The number of nitrogens with one attached hydrogen (secondary N) is 1. The van der Waals surface area contributed by atoms with Gasteiger partial charge in [-0.2, -0.15) is 0 Å². The third kappa shape index (κ3) is 5.96. The number of ether oxygens (including phenoxy) is 3. The van der Waals surface area contributed by atoms with Crippen LogP contribution in [0, 0.1) is 6.92 Å². The highest BCUT2D eigenvalue weighted by Gasteiger charge is 2.10. The summed E-state index contributed by atoms with van der Waals surface area (Å²) in [5.74, 6) is 2.27. The molecular formula is C20H27NO4. The molecule has 0 saturated carbocycles. The maximum atomic E-state index is 10.0. The van der Waals surface area contributed by atoms with E-state index in [4.69, 9.17) is 14.2 Å². The van der Waals surface area contributed by atoms with E-state index in [0.717, 1.165) is 41.3 Å². The van der Waals surface area contributed by atoms with Crippen LogP contribution < -0.4 is 19.5 Å². The zero-order valence-electron chi connectivity index (χ0n) is 15.1. The van der Waals surface area contributed by atoms with E-state index in [1.807, 2.05) is 49.4 Å². The quantitative estimate of drug-likeness (QED) is 0.648. The van der Waals surface area contributed by atoms with Gasteiger partial charge in [0, 0.05) is 6.54 Å². The van der Waals surface area contributed by atoms with E-state index in [0.29, 0.717) is 6.54 Å². The van der Waals surface area contributed by atoms with Crippen LogP contribution in [-0.2, 0) is 6.42 Å². The SMILES string of the molecule is COc1cccc(CCNCC(O)COc2cccc(C)c2)c1OC. The number of benzene rings is 2. The molecule has 1 atom stereocenters. The smallest absolute Gasteiger partial charge is 0.163 e. The summed E-state index contributed by atoms with van der Waals surface area (Å²) < 4.78 is 16.3. The Morgan fingerprint density at radius 3 is 2.60 bits per heavy atom. The molecule has 5 heteroatoms. The monoisotopic (exact) mass is 345 g/mol. The average molecular weight is 345 g/mol. The van der Waals surface area contributed by atoms with Crippen LogP contribution in [0.4, 0.5) is 0 Å². The van der Waals surface area contributed by atoms with E-state index < -0.39 is 6.10 Å². The van der Waals surface area contributed by atoms with Crippen LogP contribution >= 0.6 is 0 Å². The van der Waals surface area contributed by atoms with Crippen LogP contribution in [0.2, 0.25) is 0 Å². The van der Waals surface area contributed by atoms with Crippen LogP contribution in [-0.4, -0.2) is 45.1 Å². The van der Waals surface area contributed by atoms with Crippen molar-refractivity contribution >= 4 is 0 Å². The molecule has 0 aliphatic heterocycles. The molecule has 1 unspecified atom stereocenters. The Balaban J connectivity index is 1.72. The fraction of sp³-hybridized carbons (Fsp3) is 0.400. The maximum Gasteiger partial charge on any atom is 0.163 e. The molecule has 2 aromatic rings. The molecule has 2 rings (SSSR count). The molecule has 2 aromatic carbocycles. The summed E-state index contributed by atoms with van der Waals surface area (Å²) in [6, 6.07) is 13.6. The maximum absolute atomic E-state index is 10.0. The van der Waals surface area contributed by atoms with E-state index in [9.17, 15) is 5.11 Å². The number of rotatable bonds is 10. The Morgan fingerprint density at radius 1 is 1.08 bits per heavy atom. The van der Waals surface area contributed by atoms with Gasteiger partial charge in [-0.05, 0) is 49.2 Å². The number of hydrogen-bond donors (Lipinski definition) is 2. The van der Waals surface area contributed by atoms with Crippen molar-refractivity contribution in [3.8, 4) is 17.2 Å². The molecule has 0 bridgehead atoms. The first-order chi connectivity index (χ1) is 12.1. The van der Waals surface area contributed by atoms with Gasteiger partial charge in [-0.1, -0.05) is 24.3 Å². The summed E-state index contributed by atoms with van der Waals surface area (Å²) in [5.41, 5.74) is 2.21. The highest BCUT2D eigenvalue weighted by atomic mass is 16.5. The van der Waals surface area contributed by atoms with Crippen molar-refractivity contribution in [1.29, 1.82) is 0 Å². The second-order valence-corrected chi connectivity index (χ2v) is 5.89. The molecule has 25 heavy (non-hydrogen) atoms. The lowest BCUT2D eigenvalue weighted by Gasteiger charge is -2.15. The van der Waals surface area contributed by atoms with Crippen molar-refractivity contribution in [2.45, 2.75) is 19.4 Å². The molecule has 0 spiro atoms. The van der Waals surface area contributed by atoms with Gasteiger partial charge in [-0.25, -0.2) is 0 Å². The van der Waals surface area contributed by atoms with Gasteiger partial charge in [-0.15, -0.1) is 0 Å². The minimum absolute atomic E-state index is 0.263. The first kappa shape index (κ1) is 19.1. The Bertz CT molecular complexity index is 660. The van der Waals surface area contributed by atoms with Crippen molar-refractivity contribution in [2.24, 2.45) is 0 Å². The zero-order valence-corrected chi connectivity index (χ0v) is 15.1. The van der Waals surface area contributed by atoms with Gasteiger partial charge in [-0.3, -0.25) is 0 Å². The second-order valence-electron chi connectivity index (χ2n) is 5.89. The van der Waals surface area contributed by atoms with Gasteiger partial charge in [0.05, 0.1) is 14.2 Å². The highest BCUT2D eigenvalue weighted by molar-refractivity contribution is 5.46. The molecule has 0 heterocycles. The molecule has 5 nitrogen and oxygen atoms in total. The van der Waals surface area contributed by atoms with E-state index in [1.54, 1.807) is 14.2 Å². The molecule has 0 aliphatic rings. The summed E-state index contributed by atoms with van der Waals surface area (Å²) in [4.78, 5) is 0. The Labute approximate surface area is 149 Å². The third-order valence-corrected chi connectivity index (χ3v) is 3.87. The minimum Gasteiger partial charge on any atom is -0.493 e. The van der Waals surface area contributed by atoms with Gasteiger partial charge in [0.15, 0.2) is 11.5 Å². The van der Waals surface area contributed by atoms with Crippen molar-refractivity contribution < 1.29 is 19.3 Å². The largest absolute Gasteiger partial charge is 0.493 e. The van der Waals surface area contributed by atoms with Gasteiger partial charge >= 0.3 is 0 Å². The van der Waals surface area contributed by atoms with Crippen LogP contribution in [0.25, 0.3) is 0 Å². The Hall–Kier alpha value is -2.24. The van der Waals surface area contributed by atoms with Gasteiger partial charge in [0.1, 0.15) is 18.5 Å². The van der Waals surface area contributed by atoms with Crippen LogP contribution in [0.5, 0.6) is 17.2 Å². The zero-order chi connectivity index (χ0) is 18.1. The minimum atomic E-state index is -0.562. The van der Waals surface area contributed by atoms with Crippen LogP contribution in [0.15, 0.2) is 42.5 Å². The molecule has 0 amide bonds. The average Bonchev–Trinajstić information content (AvgIpc) is 2.63. The molecule has 0 aromatic heterocycles. The third-order valence-electron chi connectivity index (χ3n) is 3.87. The van der Waals surface area contributed by atoms with Crippen molar-refractivity contribution in [3.63, 3.8) is 0 Å². The predicted molar refractivity (Wildman–Crippen MR) is 98.8 cm³/mol. The molecule has 0 aliphatic carbocycles. The Morgan fingerprint density at radius 2 is 1.88 bits per heavy atom. The number of para-hydroxylation sites is 1. The molecule has 136 valence electrons. The summed E-state index contributed by atoms with van der Waals surface area (Å²) in [7, 11) is 3.27. The first-order valence-corrected chi connectivity index (χ1v) is 8.42. The van der Waals surface area contributed by atoms with Gasteiger partial charge in [0.2, 0.25) is 0 Å². The van der Waals surface area contributed by atoms with E-state index in [-0.39, 0.29) is 6.61 Å². The van der Waals surface area contributed by atoms with Crippen LogP contribution in [0.1, 0.15) is 11.1 Å². The first-order valence-electron chi connectivity index (χ1n) is 8.42. The normalized spacial score (nSPS) is 11.8. The summed E-state index contributed by atoms with van der Waals surface area (Å²) in [6.45, 7) is 3.47. The van der Waals surface area contributed by atoms with E-state index in [1.165, 1.54) is 0 Å². The molecule has 0 radical (unpaired) electrons. The lowest BCUT2D eigenvalue weighted by atomic mass is 10.1. The number of methoxy groups -OCH3 is 2. The second kappa shape index (κ2) is 9.91. The topological polar surface area (TPSA) is 60.0 Å². The molecule has 0 saturated heterocycles. The summed E-state index contributed by atoms with van der Waals surface area (Å²) >= 11 is 0. The summed E-state index contributed by atoms with van der Waals surface area (Å²) in [6.07, 6.45) is 0.221. The number of aliphatic hydroxyl groups excluding tert-OH is 1. The van der Waals surface area contributed by atoms with Gasteiger partial charge < -0.3 is 24.6 Å². The number of aryl methyl sites for hydroxylation is 1. The lowest BCUT2D eigenvalue weighted by Crippen LogP contribution is -2.32.